The third kappa shape index (κ3) is 5.23. The standard InChI is InChI=1S/C27H22ClF4N3O2/c1-16-24(18-10-5-6-12-21(18)28)25(36)35(15-23(33)17-8-3-2-4-9-17)26(37)34(16)14-19-20(27(30,31)32)11-7-13-22(19)29/h2-13,23H,14-15,33H2,1H3/t23-/m0/s1. The van der Waals surface area contributed by atoms with Gasteiger partial charge in [0.05, 0.1) is 24.2 Å². The summed E-state index contributed by atoms with van der Waals surface area (Å²) >= 11 is 6.35. The summed E-state index contributed by atoms with van der Waals surface area (Å²) in [7, 11) is 0. The van der Waals surface area contributed by atoms with E-state index in [0.717, 1.165) is 27.3 Å². The number of alkyl halides is 3. The summed E-state index contributed by atoms with van der Waals surface area (Å²) in [6.45, 7) is 0.393. The van der Waals surface area contributed by atoms with Gasteiger partial charge in [-0.3, -0.25) is 13.9 Å². The number of hydrogen-bond acceptors (Lipinski definition) is 3. The first-order chi connectivity index (χ1) is 17.5. The molecule has 192 valence electrons. The number of aromatic nitrogens is 2. The van der Waals surface area contributed by atoms with Crippen LogP contribution in [-0.2, 0) is 19.3 Å². The van der Waals surface area contributed by atoms with Gasteiger partial charge in [0, 0.05) is 27.9 Å². The SMILES string of the molecule is Cc1c(-c2ccccc2Cl)c(=O)n(C[C@H](N)c2ccccc2)c(=O)n1Cc1c(F)cccc1C(F)(F)F. The zero-order chi connectivity index (χ0) is 26.9. The second-order valence-electron chi connectivity index (χ2n) is 8.51. The fraction of sp³-hybridized carbons (Fsp3) is 0.185. The molecule has 4 aromatic rings. The molecule has 5 nitrogen and oxygen atoms in total. The molecular weight excluding hydrogens is 510 g/mol. The molecule has 1 heterocycles. The van der Waals surface area contributed by atoms with Gasteiger partial charge in [-0.2, -0.15) is 13.2 Å². The van der Waals surface area contributed by atoms with Crippen LogP contribution in [0, 0.1) is 12.7 Å². The maximum Gasteiger partial charge on any atom is 0.416 e. The van der Waals surface area contributed by atoms with Gasteiger partial charge in [-0.1, -0.05) is 66.2 Å². The Kier molecular flexibility index (Phi) is 7.38. The minimum atomic E-state index is -4.86. The van der Waals surface area contributed by atoms with Crippen molar-refractivity contribution in [2.45, 2.75) is 32.2 Å². The Morgan fingerprint density at radius 1 is 0.919 bits per heavy atom. The van der Waals surface area contributed by atoms with Crippen LogP contribution in [0.25, 0.3) is 11.1 Å². The number of benzene rings is 3. The summed E-state index contributed by atoms with van der Waals surface area (Å²) in [6.07, 6.45) is -4.86. The van der Waals surface area contributed by atoms with E-state index in [0.29, 0.717) is 5.56 Å². The molecule has 0 saturated carbocycles. The van der Waals surface area contributed by atoms with Crippen LogP contribution in [0.4, 0.5) is 17.6 Å². The smallest absolute Gasteiger partial charge is 0.322 e. The molecule has 37 heavy (non-hydrogen) atoms. The predicted molar refractivity (Wildman–Crippen MR) is 134 cm³/mol. The van der Waals surface area contributed by atoms with Crippen molar-refractivity contribution in [3.63, 3.8) is 0 Å². The summed E-state index contributed by atoms with van der Waals surface area (Å²) in [6, 6.07) is 16.9. The van der Waals surface area contributed by atoms with Crippen molar-refractivity contribution in [2.24, 2.45) is 5.73 Å². The lowest BCUT2D eigenvalue weighted by atomic mass is 10.0. The fourth-order valence-corrected chi connectivity index (χ4v) is 4.50. The maximum absolute atomic E-state index is 14.7. The largest absolute Gasteiger partial charge is 0.416 e. The van der Waals surface area contributed by atoms with Gasteiger partial charge in [0.15, 0.2) is 0 Å². The van der Waals surface area contributed by atoms with Crippen LogP contribution < -0.4 is 17.0 Å². The highest BCUT2D eigenvalue weighted by atomic mass is 35.5. The van der Waals surface area contributed by atoms with Gasteiger partial charge in [-0.05, 0) is 30.7 Å². The van der Waals surface area contributed by atoms with Crippen LogP contribution in [0.1, 0.15) is 28.4 Å². The molecule has 3 aromatic carbocycles. The molecule has 4 rings (SSSR count). The molecular formula is C27H22ClF4N3O2. The van der Waals surface area contributed by atoms with E-state index in [1.54, 1.807) is 54.6 Å². The van der Waals surface area contributed by atoms with Crippen molar-refractivity contribution in [1.29, 1.82) is 0 Å². The van der Waals surface area contributed by atoms with Gasteiger partial charge in [0.25, 0.3) is 5.56 Å². The summed E-state index contributed by atoms with van der Waals surface area (Å²) in [5, 5.41) is 0.202. The van der Waals surface area contributed by atoms with Crippen LogP contribution >= 0.6 is 11.6 Å². The Balaban J connectivity index is 1.97. The van der Waals surface area contributed by atoms with Gasteiger partial charge in [0.2, 0.25) is 0 Å². The minimum Gasteiger partial charge on any atom is -0.322 e. The van der Waals surface area contributed by atoms with Gasteiger partial charge in [-0.15, -0.1) is 0 Å². The van der Waals surface area contributed by atoms with E-state index >= 15 is 0 Å². The molecule has 1 aromatic heterocycles. The second-order valence-corrected chi connectivity index (χ2v) is 8.91. The quantitative estimate of drug-likeness (QED) is 0.332. The van der Waals surface area contributed by atoms with Crippen LogP contribution in [0.5, 0.6) is 0 Å². The lowest BCUT2D eigenvalue weighted by molar-refractivity contribution is -0.138. The normalized spacial score (nSPS) is 12.5. The Morgan fingerprint density at radius 3 is 2.22 bits per heavy atom. The second kappa shape index (κ2) is 10.4. The van der Waals surface area contributed by atoms with E-state index in [1.165, 1.54) is 6.92 Å². The predicted octanol–water partition coefficient (Wildman–Crippen LogP) is 5.55. The number of halogens is 5. The maximum atomic E-state index is 14.7. The van der Waals surface area contributed by atoms with E-state index < -0.39 is 47.0 Å². The molecule has 10 heteroatoms. The van der Waals surface area contributed by atoms with Gasteiger partial charge >= 0.3 is 11.9 Å². The van der Waals surface area contributed by atoms with E-state index in [1.807, 2.05) is 0 Å². The molecule has 0 unspecified atom stereocenters. The topological polar surface area (TPSA) is 70.0 Å². The van der Waals surface area contributed by atoms with Crippen LogP contribution in [0.15, 0.2) is 82.4 Å². The molecule has 0 aliphatic heterocycles. The van der Waals surface area contributed by atoms with E-state index in [2.05, 4.69) is 0 Å². The van der Waals surface area contributed by atoms with Crippen molar-refractivity contribution >= 4 is 11.6 Å². The van der Waals surface area contributed by atoms with E-state index in [9.17, 15) is 27.2 Å². The summed E-state index contributed by atoms with van der Waals surface area (Å²) < 4.78 is 57.6. The van der Waals surface area contributed by atoms with Crippen molar-refractivity contribution in [3.05, 3.63) is 127 Å². The first-order valence-corrected chi connectivity index (χ1v) is 11.6. The zero-order valence-corrected chi connectivity index (χ0v) is 20.4. The van der Waals surface area contributed by atoms with Crippen LogP contribution in [0.3, 0.4) is 0 Å². The highest BCUT2D eigenvalue weighted by molar-refractivity contribution is 6.33. The fourth-order valence-electron chi connectivity index (χ4n) is 4.27. The molecule has 0 bridgehead atoms. The number of nitrogens with two attached hydrogens (primary N) is 1. The lowest BCUT2D eigenvalue weighted by Crippen LogP contribution is -2.44. The van der Waals surface area contributed by atoms with Crippen molar-refractivity contribution in [3.8, 4) is 11.1 Å². The average molecular weight is 532 g/mol. The zero-order valence-electron chi connectivity index (χ0n) is 19.6. The number of hydrogen-bond donors (Lipinski definition) is 1. The van der Waals surface area contributed by atoms with Gasteiger partial charge in [-0.25, -0.2) is 9.18 Å². The summed E-state index contributed by atoms with van der Waals surface area (Å²) in [5.41, 5.74) is 3.72. The van der Waals surface area contributed by atoms with E-state index in [4.69, 9.17) is 17.3 Å². The molecule has 0 aliphatic carbocycles. The van der Waals surface area contributed by atoms with Crippen LogP contribution in [-0.4, -0.2) is 9.13 Å². The molecule has 0 radical (unpaired) electrons. The lowest BCUT2D eigenvalue weighted by Gasteiger charge is -2.21. The molecule has 0 aliphatic rings. The van der Waals surface area contributed by atoms with Crippen molar-refractivity contribution in [1.82, 2.24) is 9.13 Å². The molecule has 0 spiro atoms. The first kappa shape index (κ1) is 26.4. The number of nitrogens with zero attached hydrogens (tertiary/aromatic N) is 2. The highest BCUT2D eigenvalue weighted by Crippen LogP contribution is 2.34. The average Bonchev–Trinajstić information content (AvgIpc) is 2.86. The third-order valence-corrected chi connectivity index (χ3v) is 6.51. The van der Waals surface area contributed by atoms with E-state index in [-0.39, 0.29) is 28.4 Å². The summed E-state index contributed by atoms with van der Waals surface area (Å²) in [4.78, 5) is 27.2. The van der Waals surface area contributed by atoms with Crippen molar-refractivity contribution < 1.29 is 17.6 Å². The van der Waals surface area contributed by atoms with Gasteiger partial charge < -0.3 is 5.73 Å². The van der Waals surface area contributed by atoms with Gasteiger partial charge in [0.1, 0.15) is 5.82 Å². The first-order valence-electron chi connectivity index (χ1n) is 11.2. The summed E-state index contributed by atoms with van der Waals surface area (Å²) in [5.74, 6) is -1.13. The Morgan fingerprint density at radius 2 is 1.57 bits per heavy atom. The molecule has 0 amide bonds. The molecule has 1 atom stereocenters. The number of rotatable bonds is 6. The minimum absolute atomic E-state index is 0.00959. The monoisotopic (exact) mass is 531 g/mol. The molecule has 0 fully saturated rings. The highest BCUT2D eigenvalue weighted by Gasteiger charge is 2.35. The Labute approximate surface area is 214 Å². The Bertz CT molecular complexity index is 1560. The molecule has 2 N–H and O–H groups in total. The Hall–Kier alpha value is -3.69. The molecule has 0 saturated heterocycles. The van der Waals surface area contributed by atoms with Crippen molar-refractivity contribution in [2.75, 3.05) is 0 Å². The van der Waals surface area contributed by atoms with Crippen LogP contribution in [0.2, 0.25) is 5.02 Å². The third-order valence-electron chi connectivity index (χ3n) is 6.18.